The number of ether oxygens (including phenoxy) is 10. The molecule has 578 valence electrons. The molecule has 17 rings (SSSR count). The van der Waals surface area contributed by atoms with Gasteiger partial charge in [-0.15, -0.1) is 0 Å². The van der Waals surface area contributed by atoms with Crippen LogP contribution in [0.25, 0.3) is 132 Å². The molecule has 16 aromatic rings. The molecule has 9 heterocycles. The molecule has 0 bridgehead atoms. The summed E-state index contributed by atoms with van der Waals surface area (Å²) in [6, 6.07) is 44.4. The SMILES string of the molecule is COC(=O)c1cc(-c2n[nH]c3cnc4cc(OC)c(OC)cc4c23)ccc1C#N.COCc1cc(-c2nn(C)c3cnc4cc(OC)c(OC)cc4c23)ccc1C#N.COc1cc2ncc3[nH]nc(-c4ccc(C#N)c(C(=O)O)c4)c3c2cc1OC.COc1cc2ncc3[nH]nc(-c4ccc(C#N)c(N5CCCC5)c4)c3c2cc1OC. The van der Waals surface area contributed by atoms with Crippen LogP contribution in [0.1, 0.15) is 61.4 Å². The molecule has 8 aromatic heterocycles. The number of aryl methyl sites for hydroxylation is 1. The van der Waals surface area contributed by atoms with Gasteiger partial charge in [-0.05, 0) is 91.2 Å². The number of aromatic carboxylic acids is 1. The van der Waals surface area contributed by atoms with E-state index in [0.717, 1.165) is 130 Å². The zero-order valence-electron chi connectivity index (χ0n) is 64.5. The van der Waals surface area contributed by atoms with E-state index in [1.165, 1.54) is 19.2 Å². The molecule has 0 spiro atoms. The Balaban J connectivity index is 0.000000128. The first kappa shape index (κ1) is 77.1. The first-order chi connectivity index (χ1) is 56.5. The number of aromatic nitrogens is 12. The van der Waals surface area contributed by atoms with Crippen molar-refractivity contribution in [3.63, 3.8) is 0 Å². The first-order valence-corrected chi connectivity index (χ1v) is 35.8. The van der Waals surface area contributed by atoms with Crippen molar-refractivity contribution in [3.8, 4) is 115 Å². The highest BCUT2D eigenvalue weighted by molar-refractivity contribution is 6.16. The third-order valence-electron chi connectivity index (χ3n) is 20.0. The zero-order chi connectivity index (χ0) is 81.6. The molecule has 1 saturated heterocycles. The second kappa shape index (κ2) is 33.1. The van der Waals surface area contributed by atoms with Gasteiger partial charge in [0, 0.05) is 117 Å². The molecule has 4 N–H and O–H groups in total. The average molecular weight is 1550 g/mol. The number of carboxylic acids is 1. The normalized spacial score (nSPS) is 11.6. The molecule has 0 unspecified atom stereocenters. The average Bonchev–Trinajstić information content (AvgIpc) is 1.58. The summed E-state index contributed by atoms with van der Waals surface area (Å²) < 4.78 is 55.2. The molecule has 30 heteroatoms. The standard InChI is InChI=1S/C23H21N5O2.C22H20N4O3.C21H16N4O4.C20H14N4O4/c1-29-20-10-16-17(11-21(20)30-2)25-13-18-22(16)23(27-26-18)14-5-6-15(12-24)19(9-14)28-7-3-4-8-28;1-26-18-11-24-17-9-20(29-4)19(28-3)8-16(17)21(18)22(25-26)13-5-6-14(10-23)15(7-13)12-27-2;1-27-17-7-14-15(8-18(17)28-2)23-10-16-19(14)20(25-24-16)11-4-5-12(9-22)13(6-11)21(26)29-3;1-27-16-6-13-14(7-17(16)28-2)22-9-15-18(13)19(24-23-15)10-3-4-11(8-21)12(5-10)20(25)26/h5-6,9-11,13H,3-4,7-8H2,1-2H3,(H,26,27);5-9,11H,12H2,1-4H3;4-8,10H,1-3H3,(H,24,25);3-7,9H,1-2H3,(H,23,24)(H,25,26). The van der Waals surface area contributed by atoms with Crippen molar-refractivity contribution < 1.29 is 62.1 Å². The number of carboxylic acid groups (broad SMARTS) is 1. The summed E-state index contributed by atoms with van der Waals surface area (Å²) >= 11 is 0. The maximum Gasteiger partial charge on any atom is 0.339 e. The van der Waals surface area contributed by atoms with Crippen molar-refractivity contribution in [3.05, 3.63) is 185 Å². The third-order valence-corrected chi connectivity index (χ3v) is 20.0. The molecule has 0 radical (unpaired) electrons. The van der Waals surface area contributed by atoms with E-state index in [0.29, 0.717) is 103 Å². The van der Waals surface area contributed by atoms with E-state index in [4.69, 9.17) is 57.7 Å². The Morgan fingerprint density at radius 2 is 0.776 bits per heavy atom. The highest BCUT2D eigenvalue weighted by Crippen LogP contribution is 2.44. The fraction of sp³-hybridized carbons (Fsp3) is 0.186. The van der Waals surface area contributed by atoms with Gasteiger partial charge in [0.1, 0.15) is 41.0 Å². The van der Waals surface area contributed by atoms with E-state index < -0.39 is 11.9 Å². The second-order valence-electron chi connectivity index (χ2n) is 26.2. The minimum absolute atomic E-state index is 0.0752. The summed E-state index contributed by atoms with van der Waals surface area (Å²) in [6.07, 6.45) is 9.23. The van der Waals surface area contributed by atoms with Crippen LogP contribution in [0.3, 0.4) is 0 Å². The van der Waals surface area contributed by atoms with Gasteiger partial charge in [0.25, 0.3) is 0 Å². The number of anilines is 1. The fourth-order valence-corrected chi connectivity index (χ4v) is 14.3. The van der Waals surface area contributed by atoms with Crippen LogP contribution in [0.5, 0.6) is 46.0 Å². The maximum absolute atomic E-state index is 12.1. The Labute approximate surface area is 661 Å². The number of aromatic amines is 3. The van der Waals surface area contributed by atoms with E-state index >= 15 is 0 Å². The molecule has 0 amide bonds. The number of esters is 1. The topological polar surface area (TPSA) is 400 Å². The molecule has 116 heavy (non-hydrogen) atoms. The van der Waals surface area contributed by atoms with Gasteiger partial charge in [-0.2, -0.15) is 41.4 Å². The quantitative estimate of drug-likeness (QED) is 0.0615. The van der Waals surface area contributed by atoms with Crippen LogP contribution in [-0.2, 0) is 23.1 Å². The minimum Gasteiger partial charge on any atom is -0.493 e. The van der Waals surface area contributed by atoms with Crippen molar-refractivity contribution in [2.24, 2.45) is 7.05 Å². The Hall–Kier alpha value is -15.7. The summed E-state index contributed by atoms with van der Waals surface area (Å²) in [5, 5.41) is 80.9. The third kappa shape index (κ3) is 14.3. The van der Waals surface area contributed by atoms with Gasteiger partial charge in [0.05, 0.1) is 185 Å². The van der Waals surface area contributed by atoms with Gasteiger partial charge in [0.15, 0.2) is 46.0 Å². The Morgan fingerprint density at radius 1 is 0.422 bits per heavy atom. The number of methoxy groups -OCH3 is 10. The van der Waals surface area contributed by atoms with E-state index in [2.05, 4.69) is 73.6 Å². The number of hydrogen-bond donors (Lipinski definition) is 4. The highest BCUT2D eigenvalue weighted by Gasteiger charge is 2.26. The highest BCUT2D eigenvalue weighted by atomic mass is 16.5. The largest absolute Gasteiger partial charge is 0.493 e. The van der Waals surface area contributed by atoms with E-state index in [1.54, 1.807) is 131 Å². The number of hydrogen-bond acceptors (Lipinski definition) is 25. The molecular weight excluding hydrogens is 1480 g/mol. The van der Waals surface area contributed by atoms with Crippen LogP contribution in [0.15, 0.2) is 146 Å². The predicted octanol–water partition coefficient (Wildman–Crippen LogP) is 14.9. The Morgan fingerprint density at radius 3 is 1.16 bits per heavy atom. The second-order valence-corrected chi connectivity index (χ2v) is 26.2. The first-order valence-electron chi connectivity index (χ1n) is 35.8. The number of rotatable bonds is 17. The van der Waals surface area contributed by atoms with Crippen LogP contribution in [0, 0.1) is 45.3 Å². The monoisotopic (exact) mass is 1550 g/mol. The van der Waals surface area contributed by atoms with Gasteiger partial charge in [-0.1, -0.05) is 24.3 Å². The van der Waals surface area contributed by atoms with Crippen molar-refractivity contribution >= 4 is 105 Å². The van der Waals surface area contributed by atoms with Crippen molar-refractivity contribution in [1.82, 2.24) is 60.3 Å². The van der Waals surface area contributed by atoms with Crippen LogP contribution < -0.4 is 42.8 Å². The molecule has 1 fully saturated rings. The van der Waals surface area contributed by atoms with Crippen molar-refractivity contribution in [2.45, 2.75) is 19.4 Å². The van der Waals surface area contributed by atoms with Gasteiger partial charge in [-0.25, -0.2) is 9.59 Å². The fourth-order valence-electron chi connectivity index (χ4n) is 14.3. The van der Waals surface area contributed by atoms with Crippen LogP contribution in [0.4, 0.5) is 5.69 Å². The Bertz CT molecular complexity index is 6780. The lowest BCUT2D eigenvalue weighted by Gasteiger charge is -2.19. The molecule has 0 atom stereocenters. The zero-order valence-corrected chi connectivity index (χ0v) is 64.5. The van der Waals surface area contributed by atoms with Gasteiger partial charge in [0.2, 0.25) is 0 Å². The van der Waals surface area contributed by atoms with Gasteiger partial charge in [-0.3, -0.25) is 39.9 Å². The molecule has 1 aliphatic heterocycles. The number of H-pyrrole nitrogens is 3. The van der Waals surface area contributed by atoms with Crippen LogP contribution >= 0.6 is 0 Å². The number of carbonyl (C=O) groups excluding carboxylic acids is 1. The van der Waals surface area contributed by atoms with E-state index in [9.17, 15) is 30.5 Å². The number of nitrogens with zero attached hydrogens (tertiary/aromatic N) is 14. The van der Waals surface area contributed by atoms with Crippen LogP contribution in [-0.4, -0.2) is 162 Å². The van der Waals surface area contributed by atoms with Gasteiger partial charge >= 0.3 is 11.9 Å². The van der Waals surface area contributed by atoms with Crippen molar-refractivity contribution in [2.75, 3.05) is 89.1 Å². The molecule has 0 aliphatic carbocycles. The van der Waals surface area contributed by atoms with E-state index in [-0.39, 0.29) is 22.3 Å². The van der Waals surface area contributed by atoms with Crippen molar-refractivity contribution in [1.29, 1.82) is 21.0 Å². The summed E-state index contributed by atoms with van der Waals surface area (Å²) in [6.45, 7) is 2.31. The summed E-state index contributed by atoms with van der Waals surface area (Å²) in [5.41, 5.74) is 15.6. The number of nitriles is 4. The lowest BCUT2D eigenvalue weighted by atomic mass is 9.99. The lowest BCUT2D eigenvalue weighted by Crippen LogP contribution is -2.18. The number of nitrogens with one attached hydrogen (secondary N) is 3. The summed E-state index contributed by atoms with van der Waals surface area (Å²) in [5.74, 6) is 3.01. The molecular formula is C86H71N17O13. The number of pyridine rings is 4. The molecule has 30 nitrogen and oxygen atoms in total. The van der Waals surface area contributed by atoms with Crippen LogP contribution in [0.2, 0.25) is 0 Å². The lowest BCUT2D eigenvalue weighted by molar-refractivity contribution is 0.0599. The van der Waals surface area contributed by atoms with Gasteiger partial charge < -0.3 is 57.4 Å². The molecule has 0 saturated carbocycles. The smallest absolute Gasteiger partial charge is 0.339 e. The predicted molar refractivity (Wildman–Crippen MR) is 434 cm³/mol. The maximum atomic E-state index is 12.1. The summed E-state index contributed by atoms with van der Waals surface area (Å²) in [7, 11) is 17.5. The molecule has 8 aromatic carbocycles. The number of carbonyl (C=O) groups is 2. The molecule has 1 aliphatic rings. The minimum atomic E-state index is -1.17. The Kier molecular flexibility index (Phi) is 22.0. The van der Waals surface area contributed by atoms with E-state index in [1.807, 2.05) is 84.5 Å². The number of fused-ring (bicyclic) bond motifs is 12. The summed E-state index contributed by atoms with van der Waals surface area (Å²) in [4.78, 5) is 43.9. The number of benzene rings is 8.